The Labute approximate surface area is 113 Å². The van der Waals surface area contributed by atoms with Crippen molar-refractivity contribution >= 4 is 21.9 Å². The summed E-state index contributed by atoms with van der Waals surface area (Å²) in [5, 5.41) is 19.5. The van der Waals surface area contributed by atoms with Crippen molar-refractivity contribution in [2.45, 2.75) is 25.6 Å². The maximum atomic E-state index is 13.1. The van der Waals surface area contributed by atoms with Gasteiger partial charge in [0.1, 0.15) is 11.9 Å². The number of ether oxygens (including phenoxy) is 1. The summed E-state index contributed by atoms with van der Waals surface area (Å²) in [5.74, 6) is -1.15. The summed E-state index contributed by atoms with van der Waals surface area (Å²) >= 11 is 3.08. The van der Waals surface area contributed by atoms with E-state index in [2.05, 4.69) is 20.7 Å². The summed E-state index contributed by atoms with van der Waals surface area (Å²) in [7, 11) is 0. The second-order valence-electron chi connectivity index (χ2n) is 3.72. The third-order valence-electron chi connectivity index (χ3n) is 2.27. The molecular formula is C12H14BrFO4. The Bertz CT molecular complexity index is 404. The van der Waals surface area contributed by atoms with Crippen molar-refractivity contribution in [2.24, 2.45) is 0 Å². The van der Waals surface area contributed by atoms with Gasteiger partial charge in [0.15, 0.2) is 0 Å². The first kappa shape index (κ1) is 15.1. The minimum atomic E-state index is -1.35. The predicted octanol–water partition coefficient (Wildman–Crippen LogP) is 1.94. The molecule has 0 bridgehead atoms. The second-order valence-corrected chi connectivity index (χ2v) is 4.64. The average Bonchev–Trinajstić information content (AvgIpc) is 2.26. The molecule has 0 saturated heterocycles. The fraction of sp³-hybridized carbons (Fsp3) is 0.417. The highest BCUT2D eigenvalue weighted by Crippen LogP contribution is 2.24. The van der Waals surface area contributed by atoms with Gasteiger partial charge in [-0.3, -0.25) is 4.79 Å². The lowest BCUT2D eigenvalue weighted by Gasteiger charge is -2.17. The summed E-state index contributed by atoms with van der Waals surface area (Å²) in [5.41, 5.74) is 0.193. The van der Waals surface area contributed by atoms with Crippen LogP contribution in [0.15, 0.2) is 22.7 Å². The monoisotopic (exact) mass is 320 g/mol. The first-order valence-electron chi connectivity index (χ1n) is 5.41. The zero-order valence-electron chi connectivity index (χ0n) is 9.77. The molecule has 18 heavy (non-hydrogen) atoms. The molecule has 0 heterocycles. The molecule has 1 rings (SSSR count). The molecule has 2 unspecified atom stereocenters. The third kappa shape index (κ3) is 4.36. The van der Waals surface area contributed by atoms with Gasteiger partial charge in [-0.25, -0.2) is 4.39 Å². The minimum absolute atomic E-state index is 0.193. The first-order valence-corrected chi connectivity index (χ1v) is 6.21. The molecule has 6 heteroatoms. The quantitative estimate of drug-likeness (QED) is 0.814. The van der Waals surface area contributed by atoms with Crippen molar-refractivity contribution in [3.05, 3.63) is 34.1 Å². The number of rotatable bonds is 5. The highest BCUT2D eigenvalue weighted by molar-refractivity contribution is 9.10. The minimum Gasteiger partial charge on any atom is -0.466 e. The van der Waals surface area contributed by atoms with E-state index in [0.717, 1.165) is 6.07 Å². The van der Waals surface area contributed by atoms with Crippen molar-refractivity contribution in [1.29, 1.82) is 0 Å². The van der Waals surface area contributed by atoms with Crippen LogP contribution in [0, 0.1) is 5.82 Å². The van der Waals surface area contributed by atoms with Gasteiger partial charge in [-0.05, 0) is 30.7 Å². The van der Waals surface area contributed by atoms with Crippen LogP contribution in [0.4, 0.5) is 4.39 Å². The van der Waals surface area contributed by atoms with Gasteiger partial charge < -0.3 is 14.9 Å². The fourth-order valence-corrected chi connectivity index (χ4v) is 1.95. The normalized spacial score (nSPS) is 14.1. The third-order valence-corrected chi connectivity index (χ3v) is 2.73. The van der Waals surface area contributed by atoms with E-state index in [1.165, 1.54) is 12.1 Å². The number of esters is 1. The molecule has 0 aliphatic carbocycles. The van der Waals surface area contributed by atoms with Crippen molar-refractivity contribution in [1.82, 2.24) is 0 Å². The summed E-state index contributed by atoms with van der Waals surface area (Å²) in [6.07, 6.45) is -3.03. The number of benzene rings is 1. The summed E-state index contributed by atoms with van der Waals surface area (Å²) < 4.78 is 18.2. The highest BCUT2D eigenvalue weighted by atomic mass is 79.9. The maximum Gasteiger partial charge on any atom is 0.308 e. The molecule has 0 spiro atoms. The zero-order valence-corrected chi connectivity index (χ0v) is 11.4. The Kier molecular flexibility index (Phi) is 5.71. The number of halogens is 2. The molecule has 0 amide bonds. The van der Waals surface area contributed by atoms with Gasteiger partial charge in [0.25, 0.3) is 0 Å². The van der Waals surface area contributed by atoms with E-state index >= 15 is 0 Å². The zero-order chi connectivity index (χ0) is 13.7. The van der Waals surface area contributed by atoms with Gasteiger partial charge in [0, 0.05) is 4.47 Å². The molecule has 0 fully saturated rings. The van der Waals surface area contributed by atoms with E-state index in [9.17, 15) is 19.4 Å². The highest BCUT2D eigenvalue weighted by Gasteiger charge is 2.22. The van der Waals surface area contributed by atoms with Crippen LogP contribution in [0.2, 0.25) is 0 Å². The molecule has 0 aromatic heterocycles. The molecule has 2 N–H and O–H groups in total. The lowest BCUT2D eigenvalue weighted by atomic mass is 10.0. The number of carbonyl (C=O) groups excluding carboxylic acids is 1. The molecule has 1 aromatic rings. The Balaban J connectivity index is 2.73. The van der Waals surface area contributed by atoms with Gasteiger partial charge >= 0.3 is 5.97 Å². The Morgan fingerprint density at radius 3 is 2.67 bits per heavy atom. The standard InChI is InChI=1S/C12H14BrFO4/c1-2-18-11(16)6-10(15)12(17)7-3-8(13)5-9(14)4-7/h3-5,10,12,15,17H,2,6H2,1H3. The van der Waals surface area contributed by atoms with Gasteiger partial charge in [0.2, 0.25) is 0 Å². The van der Waals surface area contributed by atoms with Crippen LogP contribution in [0.25, 0.3) is 0 Å². The molecule has 0 aliphatic rings. The molecule has 0 saturated carbocycles. The van der Waals surface area contributed by atoms with Crippen LogP contribution in [0.5, 0.6) is 0 Å². The number of carbonyl (C=O) groups is 1. The molecule has 2 atom stereocenters. The topological polar surface area (TPSA) is 66.8 Å². The van der Waals surface area contributed by atoms with E-state index in [1.807, 2.05) is 0 Å². The molecule has 0 aliphatic heterocycles. The number of hydrogen-bond acceptors (Lipinski definition) is 4. The van der Waals surface area contributed by atoms with Crippen LogP contribution in [0.1, 0.15) is 25.0 Å². The van der Waals surface area contributed by atoms with Gasteiger partial charge in [0.05, 0.1) is 19.1 Å². The molecule has 4 nitrogen and oxygen atoms in total. The summed E-state index contributed by atoms with van der Waals surface area (Å²) in [4.78, 5) is 11.1. The number of hydrogen-bond donors (Lipinski definition) is 2. The molecule has 100 valence electrons. The maximum absolute atomic E-state index is 13.1. The van der Waals surface area contributed by atoms with Gasteiger partial charge in [-0.15, -0.1) is 0 Å². The van der Waals surface area contributed by atoms with Crippen LogP contribution in [0.3, 0.4) is 0 Å². The molecule has 0 radical (unpaired) electrons. The number of aliphatic hydroxyl groups is 2. The van der Waals surface area contributed by atoms with Crippen molar-refractivity contribution in [3.8, 4) is 0 Å². The molecule has 1 aromatic carbocycles. The Morgan fingerprint density at radius 1 is 1.44 bits per heavy atom. The van der Waals surface area contributed by atoms with Gasteiger partial charge in [-0.1, -0.05) is 15.9 Å². The predicted molar refractivity (Wildman–Crippen MR) is 66.3 cm³/mol. The van der Waals surface area contributed by atoms with Crippen LogP contribution in [-0.4, -0.2) is 28.9 Å². The summed E-state index contributed by atoms with van der Waals surface area (Å²) in [6.45, 7) is 1.84. The lowest BCUT2D eigenvalue weighted by Crippen LogP contribution is -2.23. The largest absolute Gasteiger partial charge is 0.466 e. The van der Waals surface area contributed by atoms with Crippen molar-refractivity contribution < 1.29 is 24.1 Å². The first-order chi connectivity index (χ1) is 8.43. The Morgan fingerprint density at radius 2 is 2.11 bits per heavy atom. The van der Waals surface area contributed by atoms with E-state index in [-0.39, 0.29) is 18.6 Å². The summed E-state index contributed by atoms with van der Waals surface area (Å²) in [6, 6.07) is 3.81. The van der Waals surface area contributed by atoms with Gasteiger partial charge in [-0.2, -0.15) is 0 Å². The van der Waals surface area contributed by atoms with E-state index < -0.39 is 24.0 Å². The fourth-order valence-electron chi connectivity index (χ4n) is 1.47. The number of aliphatic hydroxyl groups excluding tert-OH is 2. The molecular weight excluding hydrogens is 307 g/mol. The smallest absolute Gasteiger partial charge is 0.308 e. The van der Waals surface area contributed by atoms with Crippen LogP contribution in [-0.2, 0) is 9.53 Å². The van der Waals surface area contributed by atoms with Crippen LogP contribution >= 0.6 is 15.9 Å². The van der Waals surface area contributed by atoms with Crippen molar-refractivity contribution in [2.75, 3.05) is 6.61 Å². The van der Waals surface area contributed by atoms with E-state index in [0.29, 0.717) is 4.47 Å². The second kappa shape index (κ2) is 6.82. The average molecular weight is 321 g/mol. The van der Waals surface area contributed by atoms with Crippen molar-refractivity contribution in [3.63, 3.8) is 0 Å². The SMILES string of the molecule is CCOC(=O)CC(O)C(O)c1cc(F)cc(Br)c1. The van der Waals surface area contributed by atoms with Crippen LogP contribution < -0.4 is 0 Å². The Hall–Kier alpha value is -0.980. The van der Waals surface area contributed by atoms with E-state index in [4.69, 9.17) is 0 Å². The van der Waals surface area contributed by atoms with E-state index in [1.54, 1.807) is 6.92 Å². The lowest BCUT2D eigenvalue weighted by molar-refractivity contribution is -0.147.